The average Bonchev–Trinajstić information content (AvgIpc) is 3.85. The zero-order valence-corrected chi connectivity index (χ0v) is 48.0. The van der Waals surface area contributed by atoms with Gasteiger partial charge in [-0.05, 0) is 204 Å². The zero-order chi connectivity index (χ0) is 52.0. The van der Waals surface area contributed by atoms with E-state index < -0.39 is 0 Å². The minimum atomic E-state index is -0.228. The van der Waals surface area contributed by atoms with Gasteiger partial charge in [-0.15, -0.1) is 11.3 Å². The minimum Gasteiger partial charge on any atom is -0.355 e. The molecule has 376 valence electrons. The maximum absolute atomic E-state index is 4.29. The Hall–Kier alpha value is -5.58. The Balaban J connectivity index is 1.16. The van der Waals surface area contributed by atoms with Crippen LogP contribution in [0.3, 0.4) is 0 Å². The number of hydrogen-bond acceptors (Lipinski definition) is 3. The van der Waals surface area contributed by atoms with Crippen LogP contribution in [-0.4, -0.2) is 7.28 Å². The van der Waals surface area contributed by atoms with Crippen molar-refractivity contribution >= 4 is 78.2 Å². The van der Waals surface area contributed by atoms with Crippen LogP contribution < -0.4 is 21.1 Å². The third-order valence-corrected chi connectivity index (χ3v) is 21.3. The lowest BCUT2D eigenvalue weighted by atomic mass is 9.56. The molecule has 4 heteroatoms. The summed E-state index contributed by atoms with van der Waals surface area (Å²) in [5, 5.41) is 7.02. The Labute approximate surface area is 447 Å². The van der Waals surface area contributed by atoms with Crippen molar-refractivity contribution < 1.29 is 0 Å². The second-order valence-electron chi connectivity index (χ2n) is 28.2. The Morgan fingerprint density at radius 1 is 0.432 bits per heavy atom. The smallest absolute Gasteiger partial charge is 0.198 e. The van der Waals surface area contributed by atoms with Crippen molar-refractivity contribution in [2.24, 2.45) is 0 Å². The normalized spacial score (nSPS) is 20.3. The van der Waals surface area contributed by atoms with Crippen LogP contribution in [0.5, 0.6) is 0 Å². The first-order chi connectivity index (χ1) is 34.8. The van der Waals surface area contributed by atoms with E-state index in [4.69, 9.17) is 0 Å². The molecule has 5 aliphatic rings. The molecule has 0 bridgehead atoms. The second-order valence-corrected chi connectivity index (χ2v) is 29.3. The van der Waals surface area contributed by atoms with Gasteiger partial charge in [0.15, 0.2) is 7.28 Å². The van der Waals surface area contributed by atoms with Crippen LogP contribution in [0.4, 0.5) is 28.4 Å². The van der Waals surface area contributed by atoms with Crippen molar-refractivity contribution in [3.05, 3.63) is 159 Å². The van der Waals surface area contributed by atoms with Crippen molar-refractivity contribution in [2.45, 2.75) is 180 Å². The highest BCUT2D eigenvalue weighted by Gasteiger charge is 2.45. The molecule has 1 aliphatic heterocycles. The molecule has 0 atom stereocenters. The van der Waals surface area contributed by atoms with Crippen LogP contribution in [0.15, 0.2) is 109 Å². The van der Waals surface area contributed by atoms with E-state index >= 15 is 0 Å². The number of nitrogens with one attached hydrogen (secondary N) is 1. The van der Waals surface area contributed by atoms with Gasteiger partial charge in [0.05, 0.1) is 0 Å². The van der Waals surface area contributed by atoms with Gasteiger partial charge >= 0.3 is 0 Å². The summed E-state index contributed by atoms with van der Waals surface area (Å²) in [6, 6.07) is 44.2. The van der Waals surface area contributed by atoms with E-state index in [1.807, 2.05) is 11.3 Å². The number of nitrogens with zero attached hydrogens (tertiary/aromatic N) is 1. The van der Waals surface area contributed by atoms with E-state index in [-0.39, 0.29) is 37.9 Å². The number of anilines is 5. The van der Waals surface area contributed by atoms with Gasteiger partial charge in [-0.25, -0.2) is 0 Å². The first-order valence-electron chi connectivity index (χ1n) is 28.1. The highest BCUT2D eigenvalue weighted by atomic mass is 32.1. The zero-order valence-electron chi connectivity index (χ0n) is 47.2. The number of benzene rings is 7. The minimum absolute atomic E-state index is 0.0137. The van der Waals surface area contributed by atoms with E-state index in [0.717, 1.165) is 20.1 Å². The maximum Gasteiger partial charge on any atom is 0.198 e. The molecular weight excluding hydrogens is 912 g/mol. The number of thiophene rings is 1. The van der Waals surface area contributed by atoms with Crippen LogP contribution >= 0.6 is 11.3 Å². The molecule has 4 aliphatic carbocycles. The summed E-state index contributed by atoms with van der Waals surface area (Å²) in [6.45, 7) is 37.1. The highest BCUT2D eigenvalue weighted by molar-refractivity contribution is 7.25. The summed E-state index contributed by atoms with van der Waals surface area (Å²) in [5.41, 5.74) is 28.0. The number of hydrogen-bond donors (Lipinski definition) is 1. The van der Waals surface area contributed by atoms with E-state index in [2.05, 4.69) is 223 Å². The van der Waals surface area contributed by atoms with E-state index in [0.29, 0.717) is 0 Å². The summed E-state index contributed by atoms with van der Waals surface area (Å²) in [4.78, 5) is 2.75. The Bertz CT molecular complexity index is 3740. The molecule has 0 amide bonds. The van der Waals surface area contributed by atoms with Gasteiger partial charge in [0.25, 0.3) is 0 Å². The van der Waals surface area contributed by atoms with E-state index in [1.54, 1.807) is 0 Å². The number of fused-ring (bicyclic) bond motifs is 11. The Kier molecular flexibility index (Phi) is 10.1. The molecule has 7 aromatic carbocycles. The van der Waals surface area contributed by atoms with Gasteiger partial charge in [-0.2, -0.15) is 0 Å². The maximum atomic E-state index is 4.29. The van der Waals surface area contributed by atoms with Crippen LogP contribution in [0.25, 0.3) is 42.4 Å². The molecule has 2 heterocycles. The van der Waals surface area contributed by atoms with Crippen LogP contribution in [0.2, 0.25) is 0 Å². The first-order valence-corrected chi connectivity index (χ1v) is 28.9. The van der Waals surface area contributed by atoms with Gasteiger partial charge in [-0.3, -0.25) is 0 Å². The monoisotopic (exact) mass is 989 g/mol. The topological polar surface area (TPSA) is 15.3 Å². The molecule has 0 saturated heterocycles. The largest absolute Gasteiger partial charge is 0.355 e. The van der Waals surface area contributed by atoms with Crippen molar-refractivity contribution in [3.63, 3.8) is 0 Å². The van der Waals surface area contributed by atoms with Gasteiger partial charge in [0.2, 0.25) is 0 Å². The van der Waals surface area contributed by atoms with Crippen LogP contribution in [0, 0.1) is 6.92 Å². The quantitative estimate of drug-likeness (QED) is 0.177. The van der Waals surface area contributed by atoms with Crippen molar-refractivity contribution in [1.29, 1.82) is 0 Å². The standard InChI is InChI=1S/C70H77BN2S/c1-40-32-48-52(69(12,13)31-28-65(48,4)5)37-56(40)73-57-39-60-44(42-20-17-19-23-59(42)74-60)35-54(57)71-63-58(73)38-53-61(43-21-16-18-22-46(43)70(53,14)15)62(63)45-34-50-51(68(10,11)30-29-67(50,8)9)36-55(45)72-41-24-25-47-49(33-41)66(6,7)27-26-64(47,2)3/h16-25,32-39,71-72H,26-31H2,1-15H3. The lowest BCUT2D eigenvalue weighted by Crippen LogP contribution is -2.42. The summed E-state index contributed by atoms with van der Waals surface area (Å²) >= 11 is 1.94. The van der Waals surface area contributed by atoms with Crippen molar-refractivity contribution in [2.75, 3.05) is 10.2 Å². The number of aryl methyl sites for hydroxylation is 1. The Morgan fingerprint density at radius 3 is 1.66 bits per heavy atom. The molecular formula is C70H77BN2S. The van der Waals surface area contributed by atoms with Gasteiger partial charge in [0, 0.05) is 54.2 Å². The fraction of sp³-hybridized carbons (Fsp3) is 0.400. The lowest BCUT2D eigenvalue weighted by Gasteiger charge is -2.44. The van der Waals surface area contributed by atoms with Gasteiger partial charge in [0.1, 0.15) is 0 Å². The predicted octanol–water partition coefficient (Wildman–Crippen LogP) is 18.3. The molecule has 0 radical (unpaired) electrons. The lowest BCUT2D eigenvalue weighted by molar-refractivity contribution is 0.332. The molecule has 74 heavy (non-hydrogen) atoms. The summed E-state index contributed by atoms with van der Waals surface area (Å²) in [5.74, 6) is 0. The molecule has 0 spiro atoms. The first kappa shape index (κ1) is 48.1. The highest BCUT2D eigenvalue weighted by Crippen LogP contribution is 2.58. The third-order valence-electron chi connectivity index (χ3n) is 20.2. The second kappa shape index (κ2) is 15.5. The molecule has 0 saturated carbocycles. The predicted molar refractivity (Wildman–Crippen MR) is 324 cm³/mol. The van der Waals surface area contributed by atoms with Crippen molar-refractivity contribution in [1.82, 2.24) is 0 Å². The summed E-state index contributed by atoms with van der Waals surface area (Å²) in [7, 11) is 0.836. The fourth-order valence-corrected chi connectivity index (χ4v) is 16.1. The Morgan fingerprint density at radius 2 is 0.986 bits per heavy atom. The molecule has 13 rings (SSSR count). The molecule has 2 nitrogen and oxygen atoms in total. The fourth-order valence-electron chi connectivity index (χ4n) is 15.0. The molecule has 1 aromatic heterocycles. The SMILES string of the molecule is Cc1cc2c(cc1N1c3cc4sc5ccccc5c4cc3Bc3c1cc1c(c3-c3cc4c(cc3Nc3ccc5c(c3)C(C)(C)CCC5(C)C)C(C)(C)CCC4(C)C)-c3ccccc3C1(C)C)C(C)(C)CCC2(C)C. The van der Waals surface area contributed by atoms with Crippen LogP contribution in [0.1, 0.15) is 186 Å². The van der Waals surface area contributed by atoms with Crippen LogP contribution in [-0.2, 0) is 37.9 Å². The average molecular weight is 989 g/mol. The van der Waals surface area contributed by atoms with E-state index in [9.17, 15) is 0 Å². The molecule has 0 fully saturated rings. The molecule has 0 unspecified atom stereocenters. The van der Waals surface area contributed by atoms with Gasteiger partial charge < -0.3 is 10.2 Å². The number of rotatable bonds is 4. The third kappa shape index (κ3) is 6.94. The van der Waals surface area contributed by atoms with E-state index in [1.165, 1.54) is 158 Å². The summed E-state index contributed by atoms with van der Waals surface area (Å²) < 4.78 is 2.71. The summed E-state index contributed by atoms with van der Waals surface area (Å²) in [6.07, 6.45) is 7.09. The molecule has 8 aromatic rings. The van der Waals surface area contributed by atoms with Crippen molar-refractivity contribution in [3.8, 4) is 22.3 Å². The van der Waals surface area contributed by atoms with Gasteiger partial charge in [-0.1, -0.05) is 163 Å². The molecule has 1 N–H and O–H groups in total.